The van der Waals surface area contributed by atoms with Gasteiger partial charge in [-0.15, -0.1) is 5.10 Å². The lowest BCUT2D eigenvalue weighted by atomic mass is 10.2. The van der Waals surface area contributed by atoms with Gasteiger partial charge in [0, 0.05) is 17.9 Å². The van der Waals surface area contributed by atoms with Gasteiger partial charge in [-0.2, -0.15) is 9.61 Å². The largest absolute Gasteiger partial charge is 0.364 e. The minimum Gasteiger partial charge on any atom is -0.351 e. The van der Waals surface area contributed by atoms with Crippen molar-refractivity contribution in [2.45, 2.75) is 31.7 Å². The van der Waals surface area contributed by atoms with E-state index in [9.17, 15) is 4.79 Å². The Kier molecular flexibility index (Phi) is 3.54. The van der Waals surface area contributed by atoms with E-state index in [0.717, 1.165) is 17.7 Å². The fraction of sp³-hybridized carbons (Fsp3) is 0.583. The molecule has 2 aromatic rings. The summed E-state index contributed by atoms with van der Waals surface area (Å²) in [5.74, 6) is 0.849. The molecule has 6 nitrogen and oxygen atoms in total. The number of nitrogens with one attached hydrogen (secondary N) is 1. The van der Waals surface area contributed by atoms with Crippen molar-refractivity contribution >= 4 is 27.4 Å². The number of aromatic amines is 1. The Hall–Kier alpha value is -1.37. The number of fused-ring (bicyclic) bond motifs is 1. The van der Waals surface area contributed by atoms with Gasteiger partial charge in [-0.25, -0.2) is 9.89 Å². The molecule has 0 amide bonds. The van der Waals surface area contributed by atoms with Crippen molar-refractivity contribution < 1.29 is 0 Å². The summed E-state index contributed by atoms with van der Waals surface area (Å²) in [4.78, 5) is 13.9. The zero-order valence-electron chi connectivity index (χ0n) is 10.5. The zero-order valence-corrected chi connectivity index (χ0v) is 12.1. The van der Waals surface area contributed by atoms with Crippen LogP contribution in [0, 0.1) is 0 Å². The number of aromatic nitrogens is 4. The first kappa shape index (κ1) is 12.7. The van der Waals surface area contributed by atoms with Crippen LogP contribution in [0.1, 0.15) is 25.7 Å². The average Bonchev–Trinajstić information content (AvgIpc) is 3.06. The van der Waals surface area contributed by atoms with Crippen molar-refractivity contribution in [1.29, 1.82) is 0 Å². The molecule has 2 heterocycles. The molecule has 0 aliphatic heterocycles. The molecule has 102 valence electrons. The summed E-state index contributed by atoms with van der Waals surface area (Å²) >= 11 is 3.49. The van der Waals surface area contributed by atoms with Crippen LogP contribution in [0.2, 0.25) is 0 Å². The summed E-state index contributed by atoms with van der Waals surface area (Å²) in [7, 11) is 0. The van der Waals surface area contributed by atoms with Gasteiger partial charge in [0.05, 0.1) is 0 Å². The van der Waals surface area contributed by atoms with Crippen LogP contribution >= 0.6 is 15.9 Å². The molecule has 1 N–H and O–H groups in total. The molecule has 1 saturated carbocycles. The van der Waals surface area contributed by atoms with Crippen molar-refractivity contribution in [3.63, 3.8) is 0 Å². The zero-order chi connectivity index (χ0) is 13.2. The van der Waals surface area contributed by atoms with Gasteiger partial charge in [0.25, 0.3) is 0 Å². The summed E-state index contributed by atoms with van der Waals surface area (Å²) in [5, 5.41) is 11.6. The lowest BCUT2D eigenvalue weighted by Gasteiger charge is -2.29. The van der Waals surface area contributed by atoms with E-state index in [1.807, 2.05) is 12.1 Å². The predicted molar refractivity (Wildman–Crippen MR) is 77.0 cm³/mol. The van der Waals surface area contributed by atoms with E-state index in [4.69, 9.17) is 0 Å². The molecular weight excluding hydrogens is 310 g/mol. The fourth-order valence-electron chi connectivity index (χ4n) is 2.74. The molecule has 0 unspecified atom stereocenters. The summed E-state index contributed by atoms with van der Waals surface area (Å²) in [5.41, 5.74) is 0.265. The quantitative estimate of drug-likeness (QED) is 0.866. The van der Waals surface area contributed by atoms with E-state index in [-0.39, 0.29) is 5.69 Å². The first-order chi connectivity index (χ1) is 9.29. The smallest absolute Gasteiger partial charge is 0.351 e. The third kappa shape index (κ3) is 2.39. The molecule has 0 spiro atoms. The van der Waals surface area contributed by atoms with Crippen LogP contribution in [-0.2, 0) is 0 Å². The third-order valence-corrected chi connectivity index (χ3v) is 4.00. The van der Waals surface area contributed by atoms with E-state index >= 15 is 0 Å². The number of anilines is 1. The fourth-order valence-corrected chi connectivity index (χ4v) is 3.12. The molecule has 1 aliphatic rings. The van der Waals surface area contributed by atoms with Gasteiger partial charge in [0.15, 0.2) is 5.65 Å². The summed E-state index contributed by atoms with van der Waals surface area (Å²) in [6.45, 7) is 0.899. The Bertz CT molecular complexity index is 616. The number of hydrogen-bond donors (Lipinski definition) is 1. The number of nitrogens with zero attached hydrogens (tertiary/aromatic N) is 4. The summed E-state index contributed by atoms with van der Waals surface area (Å²) < 4.78 is 1.32. The first-order valence-corrected chi connectivity index (χ1v) is 7.69. The maximum atomic E-state index is 11.6. The van der Waals surface area contributed by atoms with E-state index in [1.165, 1.54) is 30.2 Å². The number of alkyl halides is 1. The molecule has 1 aliphatic carbocycles. The van der Waals surface area contributed by atoms with Crippen LogP contribution in [0.5, 0.6) is 0 Å². The van der Waals surface area contributed by atoms with Gasteiger partial charge in [-0.3, -0.25) is 0 Å². The highest BCUT2D eigenvalue weighted by Gasteiger charge is 2.23. The monoisotopic (exact) mass is 325 g/mol. The first-order valence-electron chi connectivity index (χ1n) is 6.56. The van der Waals surface area contributed by atoms with E-state index in [1.54, 1.807) is 0 Å². The highest BCUT2D eigenvalue weighted by molar-refractivity contribution is 9.09. The van der Waals surface area contributed by atoms with Gasteiger partial charge < -0.3 is 4.90 Å². The van der Waals surface area contributed by atoms with E-state index < -0.39 is 0 Å². The van der Waals surface area contributed by atoms with Gasteiger partial charge >= 0.3 is 5.69 Å². The molecule has 3 rings (SSSR count). The molecule has 0 saturated heterocycles. The van der Waals surface area contributed by atoms with Crippen molar-refractivity contribution in [2.75, 3.05) is 16.8 Å². The number of rotatable bonds is 4. The van der Waals surface area contributed by atoms with E-state index in [0.29, 0.717) is 11.7 Å². The van der Waals surface area contributed by atoms with E-state index in [2.05, 4.69) is 36.1 Å². The second kappa shape index (κ2) is 5.32. The molecular formula is C12H16BrN5O. The van der Waals surface area contributed by atoms with Crippen molar-refractivity contribution in [3.05, 3.63) is 22.6 Å². The highest BCUT2D eigenvalue weighted by Crippen LogP contribution is 2.27. The molecule has 0 atom stereocenters. The van der Waals surface area contributed by atoms with Crippen LogP contribution in [-0.4, -0.2) is 37.7 Å². The minimum atomic E-state index is -0.290. The lowest BCUT2D eigenvalue weighted by molar-refractivity contribution is 0.609. The Morgan fingerprint density at radius 1 is 1.42 bits per heavy atom. The molecule has 0 bridgehead atoms. The van der Waals surface area contributed by atoms with Crippen LogP contribution in [0.15, 0.2) is 16.9 Å². The number of H-pyrrole nitrogens is 1. The van der Waals surface area contributed by atoms with Gasteiger partial charge in [-0.1, -0.05) is 28.8 Å². The van der Waals surface area contributed by atoms with Crippen LogP contribution < -0.4 is 10.6 Å². The molecule has 0 aromatic carbocycles. The molecule has 19 heavy (non-hydrogen) atoms. The van der Waals surface area contributed by atoms with Crippen LogP contribution in [0.3, 0.4) is 0 Å². The Balaban J connectivity index is 1.98. The van der Waals surface area contributed by atoms with Gasteiger partial charge in [-0.05, 0) is 25.0 Å². The normalized spacial score (nSPS) is 16.3. The summed E-state index contributed by atoms with van der Waals surface area (Å²) in [6.07, 6.45) is 4.95. The highest BCUT2D eigenvalue weighted by atomic mass is 79.9. The third-order valence-electron chi connectivity index (χ3n) is 3.64. The second-order valence-corrected chi connectivity index (χ2v) is 5.60. The summed E-state index contributed by atoms with van der Waals surface area (Å²) in [6, 6.07) is 4.30. The Morgan fingerprint density at radius 2 is 2.21 bits per heavy atom. The maximum Gasteiger partial charge on any atom is 0.364 e. The van der Waals surface area contributed by atoms with Crippen molar-refractivity contribution in [1.82, 2.24) is 19.8 Å². The maximum absolute atomic E-state index is 11.6. The second-order valence-electron chi connectivity index (χ2n) is 4.81. The van der Waals surface area contributed by atoms with Crippen LogP contribution in [0.25, 0.3) is 5.65 Å². The molecule has 7 heteroatoms. The molecule has 2 aromatic heterocycles. The van der Waals surface area contributed by atoms with Crippen molar-refractivity contribution in [3.8, 4) is 0 Å². The minimum absolute atomic E-state index is 0.290. The van der Waals surface area contributed by atoms with Crippen molar-refractivity contribution in [2.24, 2.45) is 0 Å². The molecule has 0 radical (unpaired) electrons. The molecule has 1 fully saturated rings. The number of halogens is 1. The lowest BCUT2D eigenvalue weighted by Crippen LogP contribution is -2.36. The SMILES string of the molecule is O=c1[nH]nc2ccc(N(CCBr)C3CCCC3)nn12. The van der Waals surface area contributed by atoms with Gasteiger partial charge in [0.2, 0.25) is 0 Å². The van der Waals surface area contributed by atoms with Crippen LogP contribution in [0.4, 0.5) is 5.82 Å². The Labute approximate surface area is 118 Å². The Morgan fingerprint density at radius 3 is 2.95 bits per heavy atom. The average molecular weight is 326 g/mol. The van der Waals surface area contributed by atoms with Gasteiger partial charge in [0.1, 0.15) is 5.82 Å². The topological polar surface area (TPSA) is 66.3 Å². The predicted octanol–water partition coefficient (Wildman–Crippen LogP) is 1.56. The number of hydrogen-bond acceptors (Lipinski definition) is 4. The standard InChI is InChI=1S/C12H16BrN5O/c13-7-8-17(9-3-1-2-4-9)11-6-5-10-14-15-12(19)18(10)16-11/h5-6,9H,1-4,7-8H2,(H,15,19).